The maximum Gasteiger partial charge on any atom is 0.287 e. The normalized spacial score (nSPS) is 18.6. The van der Waals surface area contributed by atoms with Gasteiger partial charge in [0.15, 0.2) is 10.4 Å². The Bertz CT molecular complexity index is 402. The summed E-state index contributed by atoms with van der Waals surface area (Å²) in [4.78, 5) is 14.1. The Kier molecular flexibility index (Phi) is 4.79. The molecule has 0 aromatic carbocycles. The van der Waals surface area contributed by atoms with Gasteiger partial charge in [0.2, 0.25) is 0 Å². The number of nitrogens with zero attached hydrogens (tertiary/aromatic N) is 1. The summed E-state index contributed by atoms with van der Waals surface area (Å²) in [5.41, 5.74) is 0. The lowest BCUT2D eigenvalue weighted by molar-refractivity contribution is 0.0341. The van der Waals surface area contributed by atoms with Gasteiger partial charge in [0.25, 0.3) is 5.91 Å². The fourth-order valence-electron chi connectivity index (χ4n) is 1.95. The second-order valence-corrected chi connectivity index (χ2v) is 5.17. The smallest absolute Gasteiger partial charge is 0.287 e. The lowest BCUT2D eigenvalue weighted by atomic mass is 10.2. The molecule has 1 amide bonds. The summed E-state index contributed by atoms with van der Waals surface area (Å²) in [5, 5.41) is 2.92. The van der Waals surface area contributed by atoms with Crippen molar-refractivity contribution in [3.63, 3.8) is 0 Å². The molecule has 0 spiro atoms. The van der Waals surface area contributed by atoms with Crippen molar-refractivity contribution >= 4 is 21.8 Å². The first-order valence-corrected chi connectivity index (χ1v) is 6.81. The highest BCUT2D eigenvalue weighted by Crippen LogP contribution is 2.13. The topological polar surface area (TPSA) is 54.7 Å². The maximum absolute atomic E-state index is 11.8. The van der Waals surface area contributed by atoms with Crippen molar-refractivity contribution in [1.29, 1.82) is 0 Å². The third-order valence-corrected chi connectivity index (χ3v) is 3.24. The van der Waals surface area contributed by atoms with E-state index in [0.717, 1.165) is 32.8 Å². The van der Waals surface area contributed by atoms with E-state index in [1.165, 1.54) is 0 Å². The number of morpholine rings is 1. The summed E-state index contributed by atoms with van der Waals surface area (Å²) >= 11 is 3.18. The molecule has 100 valence electrons. The molecule has 0 saturated carbocycles. The molecule has 1 atom stereocenters. The van der Waals surface area contributed by atoms with Gasteiger partial charge in [0.1, 0.15) is 0 Å². The molecule has 2 rings (SSSR count). The van der Waals surface area contributed by atoms with Crippen LogP contribution >= 0.6 is 15.9 Å². The molecule has 1 aliphatic heterocycles. The Morgan fingerprint density at radius 3 is 2.83 bits per heavy atom. The van der Waals surface area contributed by atoms with Gasteiger partial charge < -0.3 is 14.5 Å². The zero-order chi connectivity index (χ0) is 13.0. The summed E-state index contributed by atoms with van der Waals surface area (Å²) in [5.74, 6) is 0.150. The van der Waals surface area contributed by atoms with E-state index in [-0.39, 0.29) is 11.9 Å². The van der Waals surface area contributed by atoms with Gasteiger partial charge in [-0.2, -0.15) is 0 Å². The summed E-state index contributed by atoms with van der Waals surface area (Å²) < 4.78 is 11.1. The summed E-state index contributed by atoms with van der Waals surface area (Å²) in [6.45, 7) is 6.21. The molecule has 0 radical (unpaired) electrons. The number of hydrogen-bond donors (Lipinski definition) is 1. The number of rotatable bonds is 4. The standard InChI is InChI=1S/C12H17BrN2O3/c1-9(8-15-4-6-17-7-5-15)14-12(16)10-2-3-11(13)18-10/h2-3,9H,4-8H2,1H3,(H,14,16). The average molecular weight is 317 g/mol. The first kappa shape index (κ1) is 13.6. The van der Waals surface area contributed by atoms with Gasteiger partial charge in [-0.3, -0.25) is 9.69 Å². The molecule has 0 bridgehead atoms. The Balaban J connectivity index is 1.79. The molecule has 1 saturated heterocycles. The van der Waals surface area contributed by atoms with Gasteiger partial charge in [-0.25, -0.2) is 0 Å². The quantitative estimate of drug-likeness (QED) is 0.914. The average Bonchev–Trinajstić information content (AvgIpc) is 2.77. The minimum Gasteiger partial charge on any atom is -0.444 e. The van der Waals surface area contributed by atoms with Crippen LogP contribution in [0.1, 0.15) is 17.5 Å². The molecule has 1 aromatic heterocycles. The van der Waals surface area contributed by atoms with Gasteiger partial charge in [0, 0.05) is 25.7 Å². The van der Waals surface area contributed by atoms with Crippen molar-refractivity contribution in [2.75, 3.05) is 32.8 Å². The fraction of sp³-hybridized carbons (Fsp3) is 0.583. The third kappa shape index (κ3) is 3.83. The Labute approximate surface area is 115 Å². The van der Waals surface area contributed by atoms with Crippen LogP contribution in [-0.4, -0.2) is 49.7 Å². The van der Waals surface area contributed by atoms with Crippen molar-refractivity contribution in [3.05, 3.63) is 22.6 Å². The molecule has 1 N–H and O–H groups in total. The highest BCUT2D eigenvalue weighted by atomic mass is 79.9. The fourth-order valence-corrected chi connectivity index (χ4v) is 2.25. The molecule has 1 fully saturated rings. The van der Waals surface area contributed by atoms with E-state index in [4.69, 9.17) is 9.15 Å². The number of nitrogens with one attached hydrogen (secondary N) is 1. The lowest BCUT2D eigenvalue weighted by Crippen LogP contribution is -2.45. The van der Waals surface area contributed by atoms with Crippen LogP contribution in [0.5, 0.6) is 0 Å². The van der Waals surface area contributed by atoms with Gasteiger partial charge in [-0.15, -0.1) is 0 Å². The van der Waals surface area contributed by atoms with E-state index in [9.17, 15) is 4.79 Å². The Morgan fingerprint density at radius 1 is 1.50 bits per heavy atom. The molecule has 0 aliphatic carbocycles. The van der Waals surface area contributed by atoms with Crippen LogP contribution in [0, 0.1) is 0 Å². The zero-order valence-corrected chi connectivity index (χ0v) is 11.9. The number of ether oxygens (including phenoxy) is 1. The van der Waals surface area contributed by atoms with Crippen LogP contribution in [0.4, 0.5) is 0 Å². The lowest BCUT2D eigenvalue weighted by Gasteiger charge is -2.29. The number of halogens is 1. The van der Waals surface area contributed by atoms with Crippen molar-refractivity contribution in [2.24, 2.45) is 0 Å². The summed E-state index contributed by atoms with van der Waals surface area (Å²) in [6.07, 6.45) is 0. The van der Waals surface area contributed by atoms with E-state index in [0.29, 0.717) is 10.4 Å². The van der Waals surface area contributed by atoms with E-state index < -0.39 is 0 Å². The monoisotopic (exact) mass is 316 g/mol. The van der Waals surface area contributed by atoms with Crippen molar-refractivity contribution in [2.45, 2.75) is 13.0 Å². The first-order valence-electron chi connectivity index (χ1n) is 6.01. The second-order valence-electron chi connectivity index (χ2n) is 4.39. The minimum absolute atomic E-state index is 0.0828. The van der Waals surface area contributed by atoms with Gasteiger partial charge in [-0.1, -0.05) is 0 Å². The molecule has 6 heteroatoms. The first-order chi connectivity index (χ1) is 8.65. The summed E-state index contributed by atoms with van der Waals surface area (Å²) in [7, 11) is 0. The number of hydrogen-bond acceptors (Lipinski definition) is 4. The van der Waals surface area contributed by atoms with E-state index >= 15 is 0 Å². The molecule has 5 nitrogen and oxygen atoms in total. The molecule has 2 heterocycles. The van der Waals surface area contributed by atoms with Crippen molar-refractivity contribution < 1.29 is 13.9 Å². The van der Waals surface area contributed by atoms with Gasteiger partial charge in [0.05, 0.1) is 13.2 Å². The molecule has 1 unspecified atom stereocenters. The zero-order valence-electron chi connectivity index (χ0n) is 10.3. The predicted molar refractivity (Wildman–Crippen MR) is 70.6 cm³/mol. The van der Waals surface area contributed by atoms with Crippen LogP contribution in [0.25, 0.3) is 0 Å². The molecular weight excluding hydrogens is 300 g/mol. The van der Waals surface area contributed by atoms with Crippen molar-refractivity contribution in [3.8, 4) is 0 Å². The number of carbonyl (C=O) groups excluding carboxylic acids is 1. The molecular formula is C12H17BrN2O3. The van der Waals surface area contributed by atoms with Crippen LogP contribution < -0.4 is 5.32 Å². The third-order valence-electron chi connectivity index (χ3n) is 2.81. The Morgan fingerprint density at radius 2 is 2.22 bits per heavy atom. The summed E-state index contributed by atoms with van der Waals surface area (Å²) in [6, 6.07) is 3.45. The minimum atomic E-state index is -0.179. The highest BCUT2D eigenvalue weighted by molar-refractivity contribution is 9.10. The highest BCUT2D eigenvalue weighted by Gasteiger charge is 2.17. The largest absolute Gasteiger partial charge is 0.444 e. The van der Waals surface area contributed by atoms with Crippen LogP contribution in [0.15, 0.2) is 21.2 Å². The SMILES string of the molecule is CC(CN1CCOCC1)NC(=O)c1ccc(Br)o1. The van der Waals surface area contributed by atoms with Gasteiger partial charge >= 0.3 is 0 Å². The van der Waals surface area contributed by atoms with Gasteiger partial charge in [-0.05, 0) is 35.0 Å². The van der Waals surface area contributed by atoms with Crippen LogP contribution in [-0.2, 0) is 4.74 Å². The van der Waals surface area contributed by atoms with E-state index in [1.807, 2.05) is 6.92 Å². The number of carbonyl (C=O) groups is 1. The molecule has 1 aliphatic rings. The van der Waals surface area contributed by atoms with E-state index in [2.05, 4.69) is 26.1 Å². The molecule has 1 aromatic rings. The second kappa shape index (κ2) is 6.36. The maximum atomic E-state index is 11.8. The van der Waals surface area contributed by atoms with Crippen LogP contribution in [0.2, 0.25) is 0 Å². The van der Waals surface area contributed by atoms with Crippen molar-refractivity contribution in [1.82, 2.24) is 10.2 Å². The predicted octanol–water partition coefficient (Wildman–Crippen LogP) is 1.49. The van der Waals surface area contributed by atoms with Crippen LogP contribution in [0.3, 0.4) is 0 Å². The number of furan rings is 1. The molecule has 18 heavy (non-hydrogen) atoms. The number of amides is 1. The van der Waals surface area contributed by atoms with E-state index in [1.54, 1.807) is 12.1 Å². The Hall–Kier alpha value is -0.850.